The zero-order chi connectivity index (χ0) is 23.1. The van der Waals surface area contributed by atoms with Crippen LogP contribution in [0.1, 0.15) is 15.9 Å². The molecule has 2 amide bonds. The quantitative estimate of drug-likeness (QED) is 0.538. The van der Waals surface area contributed by atoms with Crippen LogP contribution in [0, 0.1) is 0 Å². The number of nitrogens with one attached hydrogen (secondary N) is 1. The summed E-state index contributed by atoms with van der Waals surface area (Å²) in [6.45, 7) is -0.562. The highest BCUT2D eigenvalue weighted by atomic mass is 35.5. The number of nitrogens with zero attached hydrogens (tertiary/aromatic N) is 1. The van der Waals surface area contributed by atoms with Crippen LogP contribution in [0.3, 0.4) is 0 Å². The normalized spacial score (nSPS) is 10.3. The molecule has 0 saturated heterocycles. The van der Waals surface area contributed by atoms with Gasteiger partial charge in [-0.1, -0.05) is 23.2 Å². The minimum atomic E-state index is -1.18. The van der Waals surface area contributed by atoms with Crippen LogP contribution in [0.2, 0.25) is 10.0 Å². The molecule has 0 unspecified atom stereocenters. The van der Waals surface area contributed by atoms with Crippen LogP contribution < -0.4 is 10.1 Å². The summed E-state index contributed by atoms with van der Waals surface area (Å²) in [6, 6.07) is 7.32. The van der Waals surface area contributed by atoms with E-state index < -0.39 is 24.5 Å². The summed E-state index contributed by atoms with van der Waals surface area (Å²) in [7, 11) is 3.11. The van der Waals surface area contributed by atoms with Gasteiger partial charge in [0.15, 0.2) is 5.75 Å². The van der Waals surface area contributed by atoms with Gasteiger partial charge in [-0.3, -0.25) is 9.59 Å². The summed E-state index contributed by atoms with van der Waals surface area (Å²) >= 11 is 12.6. The van der Waals surface area contributed by atoms with Crippen LogP contribution in [0.5, 0.6) is 17.2 Å². The molecule has 9 nitrogen and oxygen atoms in total. The Morgan fingerprint density at radius 2 is 1.74 bits per heavy atom. The standard InChI is InChI=1S/C20H20Cl2N2O7/c1-24(2)19(28)13-9-12(3-4-16(13)25)31-18-14(21)7-11(8-15(18)22)5-6-30-20(29)23-10-17(26)27/h3-4,7-9,25H,5-6,10H2,1-2H3,(H,23,29)(H,26,27). The van der Waals surface area contributed by atoms with Gasteiger partial charge in [0.2, 0.25) is 0 Å². The Morgan fingerprint density at radius 3 is 2.32 bits per heavy atom. The van der Waals surface area contributed by atoms with E-state index in [1.807, 2.05) is 0 Å². The van der Waals surface area contributed by atoms with E-state index in [0.29, 0.717) is 5.56 Å². The van der Waals surface area contributed by atoms with Crippen molar-refractivity contribution in [3.8, 4) is 17.2 Å². The predicted molar refractivity (Wildman–Crippen MR) is 113 cm³/mol. The van der Waals surface area contributed by atoms with Crippen LogP contribution in [0.25, 0.3) is 0 Å². The number of hydrogen-bond donors (Lipinski definition) is 3. The van der Waals surface area contributed by atoms with Crippen molar-refractivity contribution >= 4 is 41.2 Å². The number of phenolic OH excluding ortho intramolecular Hbond substituents is 1. The highest BCUT2D eigenvalue weighted by Crippen LogP contribution is 2.38. The molecule has 0 bridgehead atoms. The van der Waals surface area contributed by atoms with Crippen LogP contribution in [0.4, 0.5) is 4.79 Å². The number of ether oxygens (including phenoxy) is 2. The van der Waals surface area contributed by atoms with Crippen LogP contribution in [0.15, 0.2) is 30.3 Å². The van der Waals surface area contributed by atoms with Gasteiger partial charge in [0.1, 0.15) is 18.0 Å². The first kappa shape index (κ1) is 24.1. The van der Waals surface area contributed by atoms with Gasteiger partial charge in [-0.2, -0.15) is 0 Å². The summed E-state index contributed by atoms with van der Waals surface area (Å²) in [5, 5.41) is 20.9. The van der Waals surface area contributed by atoms with Gasteiger partial charge < -0.3 is 29.9 Å². The molecule has 0 aliphatic rings. The maximum atomic E-state index is 12.2. The van der Waals surface area contributed by atoms with Crippen LogP contribution in [-0.4, -0.2) is 60.3 Å². The number of benzene rings is 2. The second-order valence-corrected chi connectivity index (χ2v) is 7.32. The Labute approximate surface area is 188 Å². The molecule has 166 valence electrons. The highest BCUT2D eigenvalue weighted by Gasteiger charge is 2.17. The Bertz CT molecular complexity index is 972. The van der Waals surface area contributed by atoms with E-state index in [4.69, 9.17) is 37.8 Å². The molecule has 0 spiro atoms. The zero-order valence-corrected chi connectivity index (χ0v) is 18.2. The second-order valence-electron chi connectivity index (χ2n) is 6.50. The minimum Gasteiger partial charge on any atom is -0.507 e. The van der Waals surface area contributed by atoms with E-state index in [-0.39, 0.29) is 45.9 Å². The van der Waals surface area contributed by atoms with Gasteiger partial charge in [-0.15, -0.1) is 0 Å². The lowest BCUT2D eigenvalue weighted by Gasteiger charge is -2.15. The molecule has 0 aliphatic heterocycles. The fraction of sp³-hybridized carbons (Fsp3) is 0.250. The number of carboxylic acid groups (broad SMARTS) is 1. The third-order valence-corrected chi connectivity index (χ3v) is 4.45. The maximum absolute atomic E-state index is 12.2. The number of halogens is 2. The SMILES string of the molecule is CN(C)C(=O)c1cc(Oc2c(Cl)cc(CCOC(=O)NCC(=O)O)cc2Cl)ccc1O. The molecule has 0 radical (unpaired) electrons. The van der Waals surface area contributed by atoms with Gasteiger partial charge in [0.05, 0.1) is 22.2 Å². The molecular weight excluding hydrogens is 451 g/mol. The van der Waals surface area contributed by atoms with Gasteiger partial charge >= 0.3 is 12.1 Å². The molecule has 2 rings (SSSR count). The van der Waals surface area contributed by atoms with E-state index in [0.717, 1.165) is 0 Å². The van der Waals surface area contributed by atoms with Crippen molar-refractivity contribution in [2.24, 2.45) is 0 Å². The molecule has 2 aromatic rings. The van der Waals surface area contributed by atoms with E-state index in [9.17, 15) is 19.5 Å². The van der Waals surface area contributed by atoms with E-state index in [1.54, 1.807) is 26.2 Å². The smallest absolute Gasteiger partial charge is 0.407 e. The molecule has 3 N–H and O–H groups in total. The molecule has 0 aliphatic carbocycles. The number of phenols is 1. The van der Waals surface area contributed by atoms with Gasteiger partial charge in [-0.05, 0) is 35.9 Å². The first-order valence-electron chi connectivity index (χ1n) is 8.91. The average molecular weight is 471 g/mol. The zero-order valence-electron chi connectivity index (χ0n) is 16.6. The van der Waals surface area contributed by atoms with E-state index >= 15 is 0 Å². The van der Waals surface area contributed by atoms with Crippen molar-refractivity contribution in [1.29, 1.82) is 0 Å². The summed E-state index contributed by atoms with van der Waals surface area (Å²) in [5.41, 5.74) is 0.715. The number of hydrogen-bond acceptors (Lipinski definition) is 6. The Morgan fingerprint density at radius 1 is 1.10 bits per heavy atom. The van der Waals surface area contributed by atoms with Crippen molar-refractivity contribution < 1.29 is 34.1 Å². The van der Waals surface area contributed by atoms with Crippen molar-refractivity contribution in [3.05, 3.63) is 51.5 Å². The number of aromatic hydroxyl groups is 1. The number of carbonyl (C=O) groups excluding carboxylic acids is 2. The molecule has 0 heterocycles. The lowest BCUT2D eigenvalue weighted by molar-refractivity contribution is -0.135. The molecule has 0 aromatic heterocycles. The summed E-state index contributed by atoms with van der Waals surface area (Å²) in [5.74, 6) is -1.37. The molecular formula is C20H20Cl2N2O7. The fourth-order valence-electron chi connectivity index (χ4n) is 2.42. The highest BCUT2D eigenvalue weighted by molar-refractivity contribution is 6.37. The summed E-state index contributed by atoms with van der Waals surface area (Å²) in [6.07, 6.45) is -0.573. The summed E-state index contributed by atoms with van der Waals surface area (Å²) < 4.78 is 10.6. The maximum Gasteiger partial charge on any atom is 0.407 e. The van der Waals surface area contributed by atoms with Gasteiger partial charge in [0, 0.05) is 20.5 Å². The molecule has 0 atom stereocenters. The third-order valence-electron chi connectivity index (χ3n) is 3.89. The second kappa shape index (κ2) is 10.7. The number of carbonyl (C=O) groups is 3. The average Bonchev–Trinajstić information content (AvgIpc) is 2.69. The van der Waals surface area contributed by atoms with E-state index in [2.05, 4.69) is 5.32 Å². The Balaban J connectivity index is 2.08. The molecule has 31 heavy (non-hydrogen) atoms. The van der Waals surface area contributed by atoms with Crippen molar-refractivity contribution in [2.75, 3.05) is 27.2 Å². The number of alkyl carbamates (subject to hydrolysis) is 1. The van der Waals surface area contributed by atoms with Crippen LogP contribution in [-0.2, 0) is 16.0 Å². The molecule has 11 heteroatoms. The first-order chi connectivity index (χ1) is 14.6. The van der Waals surface area contributed by atoms with E-state index in [1.165, 1.54) is 23.1 Å². The van der Waals surface area contributed by atoms with Crippen molar-refractivity contribution in [1.82, 2.24) is 10.2 Å². The fourth-order valence-corrected chi connectivity index (χ4v) is 3.03. The van der Waals surface area contributed by atoms with Gasteiger partial charge in [-0.25, -0.2) is 4.79 Å². The third kappa shape index (κ3) is 6.94. The first-order valence-corrected chi connectivity index (χ1v) is 9.67. The number of rotatable bonds is 8. The number of carboxylic acids is 1. The summed E-state index contributed by atoms with van der Waals surface area (Å²) in [4.78, 5) is 35.2. The molecule has 2 aromatic carbocycles. The van der Waals surface area contributed by atoms with Crippen LogP contribution >= 0.6 is 23.2 Å². The van der Waals surface area contributed by atoms with Crippen molar-refractivity contribution in [2.45, 2.75) is 6.42 Å². The van der Waals surface area contributed by atoms with Crippen molar-refractivity contribution in [3.63, 3.8) is 0 Å². The monoisotopic (exact) mass is 470 g/mol. The Hall–Kier alpha value is -3.17. The predicted octanol–water partition coefficient (Wildman–Crippen LogP) is 3.55. The minimum absolute atomic E-state index is 0.0215. The Kier molecular flexibility index (Phi) is 8.35. The van der Waals surface area contributed by atoms with Gasteiger partial charge in [0.25, 0.3) is 5.91 Å². The largest absolute Gasteiger partial charge is 0.507 e. The molecule has 0 saturated carbocycles. The molecule has 0 fully saturated rings. The lowest BCUT2D eigenvalue weighted by Crippen LogP contribution is -2.30. The lowest BCUT2D eigenvalue weighted by atomic mass is 10.1. The number of aliphatic carboxylic acids is 1. The number of amides is 2. The topological polar surface area (TPSA) is 125 Å².